The van der Waals surface area contributed by atoms with Crippen LogP contribution in [0.25, 0.3) is 0 Å². The van der Waals surface area contributed by atoms with Gasteiger partial charge in [-0.25, -0.2) is 0 Å². The molecule has 1 saturated heterocycles. The molecular weight excluding hydrogens is 252 g/mol. The number of aliphatic hydroxyl groups is 1. The van der Waals surface area contributed by atoms with Gasteiger partial charge in [0.05, 0.1) is 18.3 Å². The molecule has 0 aromatic rings. The maximum atomic E-state index is 10.4. The van der Waals surface area contributed by atoms with Crippen LogP contribution in [0.3, 0.4) is 0 Å². The molecular formula is C16H32N2O2. The van der Waals surface area contributed by atoms with Gasteiger partial charge in [0.1, 0.15) is 0 Å². The van der Waals surface area contributed by atoms with E-state index < -0.39 is 0 Å². The van der Waals surface area contributed by atoms with Gasteiger partial charge in [0, 0.05) is 32.2 Å². The number of hydrogen-bond acceptors (Lipinski definition) is 4. The molecule has 2 rings (SSSR count). The van der Waals surface area contributed by atoms with E-state index in [4.69, 9.17) is 4.74 Å². The van der Waals surface area contributed by atoms with Gasteiger partial charge in [-0.2, -0.15) is 0 Å². The third-order valence-electron chi connectivity index (χ3n) is 4.66. The molecule has 0 spiro atoms. The molecule has 4 nitrogen and oxygen atoms in total. The van der Waals surface area contributed by atoms with Crippen molar-refractivity contribution >= 4 is 0 Å². The second kappa shape index (κ2) is 7.74. The van der Waals surface area contributed by atoms with E-state index in [0.717, 1.165) is 26.2 Å². The molecule has 0 aromatic heterocycles. The first-order chi connectivity index (χ1) is 9.54. The number of likely N-dealkylation sites (N-methyl/N-ethyl adjacent to an activating group) is 1. The Labute approximate surface area is 124 Å². The zero-order valence-electron chi connectivity index (χ0n) is 13.4. The minimum absolute atomic E-state index is 0.251. The molecule has 118 valence electrons. The highest BCUT2D eigenvalue weighted by Gasteiger charge is 2.25. The second-order valence-corrected chi connectivity index (χ2v) is 6.86. The van der Waals surface area contributed by atoms with Gasteiger partial charge in [-0.1, -0.05) is 19.3 Å². The first kappa shape index (κ1) is 16.2. The van der Waals surface area contributed by atoms with Crippen LogP contribution in [0, 0.1) is 0 Å². The minimum atomic E-state index is -0.251. The lowest BCUT2D eigenvalue weighted by molar-refractivity contribution is -0.0783. The maximum absolute atomic E-state index is 10.4. The molecule has 3 unspecified atom stereocenters. The Kier molecular flexibility index (Phi) is 6.27. The Morgan fingerprint density at radius 2 is 1.75 bits per heavy atom. The average molecular weight is 284 g/mol. The number of rotatable bonds is 5. The predicted octanol–water partition coefficient (Wildman–Crippen LogP) is 1.72. The number of morpholine rings is 1. The van der Waals surface area contributed by atoms with E-state index in [0.29, 0.717) is 6.04 Å². The SMILES string of the molecule is CC1CN(CC(O)CN(C)C2CCCCC2)CC(C)O1. The highest BCUT2D eigenvalue weighted by Crippen LogP contribution is 2.21. The molecule has 4 heteroatoms. The molecule has 0 radical (unpaired) electrons. The fourth-order valence-electron chi connectivity index (χ4n) is 3.79. The van der Waals surface area contributed by atoms with Gasteiger partial charge in [0.2, 0.25) is 0 Å². The van der Waals surface area contributed by atoms with Crippen molar-refractivity contribution in [2.75, 3.05) is 33.2 Å². The van der Waals surface area contributed by atoms with Crippen molar-refractivity contribution in [3.8, 4) is 0 Å². The molecule has 1 aliphatic heterocycles. The van der Waals surface area contributed by atoms with Crippen LogP contribution in [0.4, 0.5) is 0 Å². The molecule has 0 aromatic carbocycles. The van der Waals surface area contributed by atoms with E-state index >= 15 is 0 Å². The van der Waals surface area contributed by atoms with Crippen molar-refractivity contribution in [3.63, 3.8) is 0 Å². The van der Waals surface area contributed by atoms with Gasteiger partial charge >= 0.3 is 0 Å². The van der Waals surface area contributed by atoms with E-state index in [1.54, 1.807) is 0 Å². The highest BCUT2D eigenvalue weighted by molar-refractivity contribution is 4.79. The summed E-state index contributed by atoms with van der Waals surface area (Å²) in [5.74, 6) is 0. The number of hydrogen-bond donors (Lipinski definition) is 1. The molecule has 1 heterocycles. The van der Waals surface area contributed by atoms with Crippen LogP contribution < -0.4 is 0 Å². The summed E-state index contributed by atoms with van der Waals surface area (Å²) in [6.07, 6.45) is 7.00. The van der Waals surface area contributed by atoms with Gasteiger partial charge in [0.25, 0.3) is 0 Å². The van der Waals surface area contributed by atoms with Gasteiger partial charge < -0.3 is 14.7 Å². The van der Waals surface area contributed by atoms with Crippen molar-refractivity contribution in [2.24, 2.45) is 0 Å². The Morgan fingerprint density at radius 1 is 1.15 bits per heavy atom. The summed E-state index contributed by atoms with van der Waals surface area (Å²) >= 11 is 0. The normalized spacial score (nSPS) is 31.6. The molecule has 1 saturated carbocycles. The summed E-state index contributed by atoms with van der Waals surface area (Å²) in [5.41, 5.74) is 0. The van der Waals surface area contributed by atoms with Gasteiger partial charge in [-0.15, -0.1) is 0 Å². The fraction of sp³-hybridized carbons (Fsp3) is 1.00. The van der Waals surface area contributed by atoms with Crippen molar-refractivity contribution < 1.29 is 9.84 Å². The molecule has 1 N–H and O–H groups in total. The lowest BCUT2D eigenvalue weighted by atomic mass is 9.94. The fourth-order valence-corrected chi connectivity index (χ4v) is 3.79. The molecule has 2 fully saturated rings. The van der Waals surface area contributed by atoms with Crippen LogP contribution in [0.2, 0.25) is 0 Å². The zero-order chi connectivity index (χ0) is 14.5. The summed E-state index contributed by atoms with van der Waals surface area (Å²) in [7, 11) is 2.17. The van der Waals surface area contributed by atoms with Crippen LogP contribution in [0.15, 0.2) is 0 Å². The summed E-state index contributed by atoms with van der Waals surface area (Å²) in [4.78, 5) is 4.72. The number of aliphatic hydroxyl groups excluding tert-OH is 1. The monoisotopic (exact) mass is 284 g/mol. The van der Waals surface area contributed by atoms with Crippen molar-refractivity contribution in [1.29, 1.82) is 0 Å². The third-order valence-corrected chi connectivity index (χ3v) is 4.66. The van der Waals surface area contributed by atoms with Crippen LogP contribution in [0.1, 0.15) is 46.0 Å². The summed E-state index contributed by atoms with van der Waals surface area (Å²) < 4.78 is 5.74. The summed E-state index contributed by atoms with van der Waals surface area (Å²) in [5, 5.41) is 10.4. The number of ether oxygens (including phenoxy) is 1. The van der Waals surface area contributed by atoms with Crippen LogP contribution >= 0.6 is 0 Å². The summed E-state index contributed by atoms with van der Waals surface area (Å²) in [6.45, 7) is 7.68. The smallest absolute Gasteiger partial charge is 0.0793 e. The minimum Gasteiger partial charge on any atom is -0.390 e. The van der Waals surface area contributed by atoms with E-state index in [1.165, 1.54) is 32.1 Å². The van der Waals surface area contributed by atoms with Gasteiger partial charge in [0.15, 0.2) is 0 Å². The van der Waals surface area contributed by atoms with E-state index in [9.17, 15) is 5.11 Å². The van der Waals surface area contributed by atoms with Crippen LogP contribution in [0.5, 0.6) is 0 Å². The molecule has 2 aliphatic rings. The standard InChI is InChI=1S/C16H32N2O2/c1-13-9-18(10-14(2)20-13)12-16(19)11-17(3)15-7-5-4-6-8-15/h13-16,19H,4-12H2,1-3H3. The Morgan fingerprint density at radius 3 is 2.35 bits per heavy atom. The Bertz CT molecular complexity index is 272. The third kappa shape index (κ3) is 4.99. The number of β-amino-alcohol motifs (C(OH)–C–C–N with tert-alkyl or cyclic N) is 1. The van der Waals surface area contributed by atoms with Gasteiger partial charge in [-0.05, 0) is 33.7 Å². The zero-order valence-corrected chi connectivity index (χ0v) is 13.4. The molecule has 20 heavy (non-hydrogen) atoms. The van der Waals surface area contributed by atoms with Crippen molar-refractivity contribution in [1.82, 2.24) is 9.80 Å². The van der Waals surface area contributed by atoms with Gasteiger partial charge in [-0.3, -0.25) is 4.90 Å². The Balaban J connectivity index is 1.72. The van der Waals surface area contributed by atoms with Crippen molar-refractivity contribution in [2.45, 2.75) is 70.3 Å². The Hall–Kier alpha value is -0.160. The summed E-state index contributed by atoms with van der Waals surface area (Å²) in [6, 6.07) is 0.681. The lowest BCUT2D eigenvalue weighted by Gasteiger charge is -2.38. The largest absolute Gasteiger partial charge is 0.390 e. The van der Waals surface area contributed by atoms with E-state index in [1.807, 2.05) is 0 Å². The highest BCUT2D eigenvalue weighted by atomic mass is 16.5. The van der Waals surface area contributed by atoms with E-state index in [2.05, 4.69) is 30.7 Å². The molecule has 0 bridgehead atoms. The first-order valence-corrected chi connectivity index (χ1v) is 8.30. The topological polar surface area (TPSA) is 35.9 Å². The number of nitrogens with zero attached hydrogens (tertiary/aromatic N) is 2. The lowest BCUT2D eigenvalue weighted by Crippen LogP contribution is -2.50. The molecule has 0 amide bonds. The maximum Gasteiger partial charge on any atom is 0.0793 e. The van der Waals surface area contributed by atoms with Crippen molar-refractivity contribution in [3.05, 3.63) is 0 Å². The van der Waals surface area contributed by atoms with Crippen LogP contribution in [-0.2, 0) is 4.74 Å². The quantitative estimate of drug-likeness (QED) is 0.834. The first-order valence-electron chi connectivity index (χ1n) is 8.30. The predicted molar refractivity (Wildman–Crippen MR) is 82.0 cm³/mol. The molecule has 3 atom stereocenters. The average Bonchev–Trinajstić information content (AvgIpc) is 2.38. The van der Waals surface area contributed by atoms with E-state index in [-0.39, 0.29) is 18.3 Å². The molecule has 1 aliphatic carbocycles. The second-order valence-electron chi connectivity index (χ2n) is 6.86. The van der Waals surface area contributed by atoms with Crippen LogP contribution in [-0.4, -0.2) is 72.5 Å².